The fourth-order valence-electron chi connectivity index (χ4n) is 2.42. The Kier molecular flexibility index (Phi) is 4.54. The highest BCUT2D eigenvalue weighted by Crippen LogP contribution is 2.26. The maximum Gasteiger partial charge on any atom is 0.178 e. The summed E-state index contributed by atoms with van der Waals surface area (Å²) in [7, 11) is 0. The Labute approximate surface area is 146 Å². The predicted octanol–water partition coefficient (Wildman–Crippen LogP) is 5.37. The average molecular weight is 334 g/mol. The molecule has 3 aromatic rings. The van der Waals surface area contributed by atoms with Crippen molar-refractivity contribution < 1.29 is 0 Å². The van der Waals surface area contributed by atoms with Crippen LogP contribution in [0.5, 0.6) is 0 Å². The van der Waals surface area contributed by atoms with Crippen LogP contribution in [0.4, 0.5) is 0 Å². The van der Waals surface area contributed by atoms with Gasteiger partial charge < -0.3 is 0 Å². The Morgan fingerprint density at radius 2 is 1.83 bits per heavy atom. The number of benzene rings is 1. The Balaban J connectivity index is 2.13. The molecule has 0 radical (unpaired) electrons. The fourth-order valence-corrected chi connectivity index (χ4v) is 2.57. The molecule has 4 heteroatoms. The van der Waals surface area contributed by atoms with Gasteiger partial charge in [0.05, 0.1) is 16.4 Å². The summed E-state index contributed by atoms with van der Waals surface area (Å²) in [4.78, 5) is 13.6. The summed E-state index contributed by atoms with van der Waals surface area (Å²) < 4.78 is 0. The lowest BCUT2D eigenvalue weighted by Gasteiger charge is -2.09. The van der Waals surface area contributed by atoms with Crippen molar-refractivity contribution in [3.8, 4) is 22.8 Å². The van der Waals surface area contributed by atoms with E-state index in [1.807, 2.05) is 49.4 Å². The number of hydrogen-bond donors (Lipinski definition) is 0. The molecule has 0 amide bonds. The van der Waals surface area contributed by atoms with Crippen molar-refractivity contribution in [2.45, 2.75) is 6.92 Å². The zero-order valence-corrected chi connectivity index (χ0v) is 14.1. The smallest absolute Gasteiger partial charge is 0.178 e. The van der Waals surface area contributed by atoms with E-state index in [4.69, 9.17) is 16.6 Å². The third-order valence-electron chi connectivity index (χ3n) is 3.67. The molecule has 0 N–H and O–H groups in total. The van der Waals surface area contributed by atoms with Gasteiger partial charge in [0.1, 0.15) is 5.69 Å². The van der Waals surface area contributed by atoms with Crippen LogP contribution in [0.2, 0.25) is 0 Å². The standard InChI is InChI=1S/C20H16ClN3/c1-4-15-12-22-20(24-19(15)14(3)21)17-11-10-13(2)18(23-17)16-8-6-5-7-9-16/h4-12H,1,3H2,2H3. The number of aromatic nitrogens is 3. The second-order valence-corrected chi connectivity index (χ2v) is 5.79. The van der Waals surface area contributed by atoms with Gasteiger partial charge in [-0.05, 0) is 18.6 Å². The number of rotatable bonds is 4. The molecular weight excluding hydrogens is 318 g/mol. The van der Waals surface area contributed by atoms with Crippen molar-refractivity contribution in [1.29, 1.82) is 0 Å². The first-order chi connectivity index (χ1) is 11.6. The highest BCUT2D eigenvalue weighted by molar-refractivity contribution is 6.48. The molecule has 118 valence electrons. The molecule has 0 atom stereocenters. The van der Waals surface area contributed by atoms with E-state index in [-0.39, 0.29) is 0 Å². The van der Waals surface area contributed by atoms with Crippen LogP contribution >= 0.6 is 11.6 Å². The summed E-state index contributed by atoms with van der Waals surface area (Å²) in [6.45, 7) is 9.54. The predicted molar refractivity (Wildman–Crippen MR) is 100 cm³/mol. The van der Waals surface area contributed by atoms with Gasteiger partial charge in [-0.1, -0.05) is 67.2 Å². The third-order valence-corrected chi connectivity index (χ3v) is 3.85. The van der Waals surface area contributed by atoms with Crippen LogP contribution in [0.25, 0.3) is 33.9 Å². The van der Waals surface area contributed by atoms with E-state index < -0.39 is 0 Å². The molecule has 24 heavy (non-hydrogen) atoms. The van der Waals surface area contributed by atoms with Crippen LogP contribution in [-0.4, -0.2) is 15.0 Å². The van der Waals surface area contributed by atoms with Crippen molar-refractivity contribution >= 4 is 22.7 Å². The quantitative estimate of drug-likeness (QED) is 0.644. The maximum atomic E-state index is 6.05. The normalized spacial score (nSPS) is 10.4. The highest BCUT2D eigenvalue weighted by atomic mass is 35.5. The van der Waals surface area contributed by atoms with Crippen molar-refractivity contribution in [1.82, 2.24) is 15.0 Å². The highest BCUT2D eigenvalue weighted by Gasteiger charge is 2.12. The zero-order valence-electron chi connectivity index (χ0n) is 13.3. The molecule has 0 bridgehead atoms. The minimum absolute atomic E-state index is 0.351. The van der Waals surface area contributed by atoms with Crippen LogP contribution < -0.4 is 0 Å². The summed E-state index contributed by atoms with van der Waals surface area (Å²) in [6, 6.07) is 14.0. The summed E-state index contributed by atoms with van der Waals surface area (Å²) in [5.74, 6) is 0.509. The molecule has 3 rings (SSSR count). The molecule has 0 saturated carbocycles. The number of hydrogen-bond acceptors (Lipinski definition) is 3. The lowest BCUT2D eigenvalue weighted by molar-refractivity contribution is 1.11. The second-order valence-electron chi connectivity index (χ2n) is 5.33. The number of halogens is 1. The third kappa shape index (κ3) is 3.12. The summed E-state index contributed by atoms with van der Waals surface area (Å²) >= 11 is 6.05. The maximum absolute atomic E-state index is 6.05. The van der Waals surface area contributed by atoms with E-state index in [1.165, 1.54) is 0 Å². The minimum Gasteiger partial charge on any atom is -0.244 e. The molecule has 2 heterocycles. The monoisotopic (exact) mass is 333 g/mol. The molecule has 0 spiro atoms. The fraction of sp³-hybridized carbons (Fsp3) is 0.0500. The van der Waals surface area contributed by atoms with Gasteiger partial charge in [0.15, 0.2) is 5.82 Å². The first kappa shape index (κ1) is 16.1. The lowest BCUT2D eigenvalue weighted by atomic mass is 10.1. The van der Waals surface area contributed by atoms with Gasteiger partial charge in [-0.3, -0.25) is 0 Å². The number of aryl methyl sites for hydroxylation is 1. The summed E-state index contributed by atoms with van der Waals surface area (Å²) in [5.41, 5.74) is 5.07. The van der Waals surface area contributed by atoms with Gasteiger partial charge in [0, 0.05) is 17.3 Å². The molecule has 0 unspecified atom stereocenters. The van der Waals surface area contributed by atoms with Gasteiger partial charge in [-0.25, -0.2) is 15.0 Å². The van der Waals surface area contributed by atoms with Gasteiger partial charge in [-0.2, -0.15) is 0 Å². The largest absolute Gasteiger partial charge is 0.244 e. The van der Waals surface area contributed by atoms with E-state index >= 15 is 0 Å². The average Bonchev–Trinajstić information content (AvgIpc) is 2.62. The molecule has 0 aliphatic heterocycles. The molecule has 3 nitrogen and oxygen atoms in total. The molecular formula is C20H16ClN3. The Morgan fingerprint density at radius 1 is 1.08 bits per heavy atom. The Hall–Kier alpha value is -2.78. The zero-order chi connectivity index (χ0) is 17.1. The van der Waals surface area contributed by atoms with Crippen molar-refractivity contribution in [2.24, 2.45) is 0 Å². The van der Waals surface area contributed by atoms with Crippen molar-refractivity contribution in [2.75, 3.05) is 0 Å². The molecule has 0 aliphatic carbocycles. The van der Waals surface area contributed by atoms with Crippen LogP contribution in [0.1, 0.15) is 16.8 Å². The van der Waals surface area contributed by atoms with Crippen LogP contribution in [0.3, 0.4) is 0 Å². The summed E-state index contributed by atoms with van der Waals surface area (Å²) in [5, 5.41) is 0.351. The van der Waals surface area contributed by atoms with Gasteiger partial charge in [0.25, 0.3) is 0 Å². The number of pyridine rings is 1. The first-order valence-corrected chi connectivity index (χ1v) is 7.85. The van der Waals surface area contributed by atoms with E-state index in [2.05, 4.69) is 23.1 Å². The minimum atomic E-state index is 0.351. The Morgan fingerprint density at radius 3 is 2.50 bits per heavy atom. The van der Waals surface area contributed by atoms with Gasteiger partial charge in [0.2, 0.25) is 0 Å². The Bertz CT molecular complexity index is 917. The van der Waals surface area contributed by atoms with Crippen molar-refractivity contribution in [3.63, 3.8) is 0 Å². The lowest BCUT2D eigenvalue weighted by Crippen LogP contribution is -1.99. The second kappa shape index (κ2) is 6.77. The van der Waals surface area contributed by atoms with Crippen molar-refractivity contribution in [3.05, 3.63) is 78.6 Å². The molecule has 0 saturated heterocycles. The van der Waals surface area contributed by atoms with Crippen LogP contribution in [0, 0.1) is 6.92 Å². The number of nitrogens with zero attached hydrogens (tertiary/aromatic N) is 3. The van der Waals surface area contributed by atoms with Crippen LogP contribution in [-0.2, 0) is 0 Å². The van der Waals surface area contributed by atoms with Crippen LogP contribution in [0.15, 0.2) is 61.8 Å². The van der Waals surface area contributed by atoms with Gasteiger partial charge in [-0.15, -0.1) is 0 Å². The molecule has 0 aliphatic rings. The molecule has 0 fully saturated rings. The van der Waals surface area contributed by atoms with E-state index in [9.17, 15) is 0 Å². The van der Waals surface area contributed by atoms with E-state index in [1.54, 1.807) is 12.3 Å². The SMILES string of the molecule is C=Cc1cnc(-c2ccc(C)c(-c3ccccc3)n2)nc1C(=C)Cl. The molecule has 1 aromatic carbocycles. The summed E-state index contributed by atoms with van der Waals surface area (Å²) in [6.07, 6.45) is 3.34. The first-order valence-electron chi connectivity index (χ1n) is 7.48. The topological polar surface area (TPSA) is 38.7 Å². The van der Waals surface area contributed by atoms with E-state index in [0.29, 0.717) is 22.2 Å². The van der Waals surface area contributed by atoms with Gasteiger partial charge >= 0.3 is 0 Å². The molecule has 2 aromatic heterocycles. The van der Waals surface area contributed by atoms with E-state index in [0.717, 1.165) is 22.4 Å².